The van der Waals surface area contributed by atoms with Gasteiger partial charge >= 0.3 is 11.9 Å². The van der Waals surface area contributed by atoms with Crippen molar-refractivity contribution in [3.8, 4) is 0 Å². The van der Waals surface area contributed by atoms with Gasteiger partial charge in [0.2, 0.25) is 0 Å². The molecule has 1 saturated heterocycles. The molecular formula is C11H18N2O4. The number of carbonyl (C=O) groups excluding carboxylic acids is 1. The monoisotopic (exact) mass is 242 g/mol. The summed E-state index contributed by atoms with van der Waals surface area (Å²) >= 11 is 0. The van der Waals surface area contributed by atoms with E-state index in [4.69, 9.17) is 5.11 Å². The van der Waals surface area contributed by atoms with Gasteiger partial charge in [0.15, 0.2) is 0 Å². The Hall–Kier alpha value is -1.14. The van der Waals surface area contributed by atoms with Gasteiger partial charge in [-0.15, -0.1) is 0 Å². The Bertz CT molecular complexity index is 313. The SMILES string of the molecule is O=C(O)C(=O)N1CCN([C@H]2CCC[C@@H]2O)CC1. The second-order valence-corrected chi connectivity index (χ2v) is 4.70. The number of carboxylic acids is 1. The first-order valence-corrected chi connectivity index (χ1v) is 6.04. The summed E-state index contributed by atoms with van der Waals surface area (Å²) in [6.45, 7) is 2.18. The number of hydrogen-bond donors (Lipinski definition) is 2. The summed E-state index contributed by atoms with van der Waals surface area (Å²) < 4.78 is 0. The predicted molar refractivity (Wildman–Crippen MR) is 59.4 cm³/mol. The van der Waals surface area contributed by atoms with Crippen molar-refractivity contribution in [2.24, 2.45) is 0 Å². The molecular weight excluding hydrogens is 224 g/mol. The van der Waals surface area contributed by atoms with E-state index in [1.54, 1.807) is 0 Å². The van der Waals surface area contributed by atoms with Crippen LogP contribution in [0.4, 0.5) is 0 Å². The molecule has 1 amide bonds. The number of aliphatic carboxylic acids is 1. The van der Waals surface area contributed by atoms with Crippen LogP contribution < -0.4 is 0 Å². The predicted octanol–water partition coefficient (Wildman–Crippen LogP) is -0.871. The van der Waals surface area contributed by atoms with Crippen LogP contribution in [0.3, 0.4) is 0 Å². The molecule has 0 radical (unpaired) electrons. The molecule has 2 fully saturated rings. The van der Waals surface area contributed by atoms with E-state index in [9.17, 15) is 14.7 Å². The van der Waals surface area contributed by atoms with Crippen LogP contribution >= 0.6 is 0 Å². The Morgan fingerprint density at radius 1 is 1.06 bits per heavy atom. The van der Waals surface area contributed by atoms with E-state index in [1.807, 2.05) is 0 Å². The third-order valence-corrected chi connectivity index (χ3v) is 3.70. The number of amides is 1. The van der Waals surface area contributed by atoms with E-state index in [0.29, 0.717) is 26.2 Å². The molecule has 2 rings (SSSR count). The summed E-state index contributed by atoms with van der Waals surface area (Å²) in [7, 11) is 0. The summed E-state index contributed by atoms with van der Waals surface area (Å²) in [5, 5.41) is 18.4. The first-order valence-electron chi connectivity index (χ1n) is 6.04. The molecule has 0 unspecified atom stereocenters. The van der Waals surface area contributed by atoms with Gasteiger partial charge in [-0.05, 0) is 19.3 Å². The molecule has 0 spiro atoms. The van der Waals surface area contributed by atoms with Crippen LogP contribution in [0.15, 0.2) is 0 Å². The molecule has 0 aromatic heterocycles. The van der Waals surface area contributed by atoms with Crippen LogP contribution in [0.2, 0.25) is 0 Å². The smallest absolute Gasteiger partial charge is 0.394 e. The molecule has 2 N–H and O–H groups in total. The van der Waals surface area contributed by atoms with Gasteiger partial charge in [-0.25, -0.2) is 4.79 Å². The number of carbonyl (C=O) groups is 2. The number of aliphatic hydroxyl groups excluding tert-OH is 1. The van der Waals surface area contributed by atoms with E-state index >= 15 is 0 Å². The zero-order chi connectivity index (χ0) is 12.4. The maximum absolute atomic E-state index is 11.2. The Morgan fingerprint density at radius 2 is 1.71 bits per heavy atom. The molecule has 6 nitrogen and oxygen atoms in total. The molecule has 6 heteroatoms. The minimum absolute atomic E-state index is 0.192. The standard InChI is InChI=1S/C11H18N2O4/c14-9-3-1-2-8(9)12-4-6-13(7-5-12)10(15)11(16)17/h8-9,14H,1-7H2,(H,16,17)/t8-,9-/m0/s1. The van der Waals surface area contributed by atoms with Crippen molar-refractivity contribution in [2.45, 2.75) is 31.4 Å². The zero-order valence-electron chi connectivity index (χ0n) is 9.71. The minimum Gasteiger partial charge on any atom is -0.474 e. The van der Waals surface area contributed by atoms with Gasteiger partial charge in [-0.3, -0.25) is 9.69 Å². The van der Waals surface area contributed by atoms with Gasteiger partial charge in [0.05, 0.1) is 6.10 Å². The van der Waals surface area contributed by atoms with Crippen molar-refractivity contribution in [1.82, 2.24) is 9.80 Å². The number of aliphatic hydroxyl groups is 1. The van der Waals surface area contributed by atoms with E-state index < -0.39 is 11.9 Å². The van der Waals surface area contributed by atoms with Crippen molar-refractivity contribution < 1.29 is 19.8 Å². The minimum atomic E-state index is -1.39. The lowest BCUT2D eigenvalue weighted by Crippen LogP contribution is -2.54. The lowest BCUT2D eigenvalue weighted by Gasteiger charge is -2.38. The second-order valence-electron chi connectivity index (χ2n) is 4.70. The van der Waals surface area contributed by atoms with Gasteiger partial charge in [-0.2, -0.15) is 0 Å². The highest BCUT2D eigenvalue weighted by molar-refractivity contribution is 6.31. The summed E-state index contributed by atoms with van der Waals surface area (Å²) in [5.41, 5.74) is 0. The van der Waals surface area contributed by atoms with Crippen LogP contribution in [-0.2, 0) is 9.59 Å². The van der Waals surface area contributed by atoms with Gasteiger partial charge in [0.1, 0.15) is 0 Å². The summed E-state index contributed by atoms with van der Waals surface area (Å²) in [4.78, 5) is 25.3. The Morgan fingerprint density at radius 3 is 2.18 bits per heavy atom. The first kappa shape index (κ1) is 12.3. The van der Waals surface area contributed by atoms with Crippen LogP contribution in [-0.4, -0.2) is 70.2 Å². The topological polar surface area (TPSA) is 81.1 Å². The molecule has 1 aliphatic heterocycles. The molecule has 2 aliphatic rings. The normalized spacial score (nSPS) is 30.5. The maximum atomic E-state index is 11.2. The average molecular weight is 242 g/mol. The molecule has 0 aromatic carbocycles. The van der Waals surface area contributed by atoms with E-state index in [0.717, 1.165) is 19.3 Å². The highest BCUT2D eigenvalue weighted by atomic mass is 16.4. The van der Waals surface area contributed by atoms with Gasteiger partial charge < -0.3 is 15.1 Å². The highest BCUT2D eigenvalue weighted by Gasteiger charge is 2.34. The highest BCUT2D eigenvalue weighted by Crippen LogP contribution is 2.24. The Labute approximate surface area is 99.8 Å². The largest absolute Gasteiger partial charge is 0.474 e. The molecule has 96 valence electrons. The third kappa shape index (κ3) is 2.58. The van der Waals surface area contributed by atoms with E-state index in [1.165, 1.54) is 4.90 Å². The van der Waals surface area contributed by atoms with E-state index in [2.05, 4.69) is 4.90 Å². The summed E-state index contributed by atoms with van der Waals surface area (Å²) in [6, 6.07) is 0.192. The number of rotatable bonds is 1. The number of carboxylic acid groups (broad SMARTS) is 1. The van der Waals surface area contributed by atoms with Gasteiger partial charge in [0.25, 0.3) is 0 Å². The van der Waals surface area contributed by atoms with Gasteiger partial charge in [0, 0.05) is 32.2 Å². The molecule has 2 atom stereocenters. The number of hydrogen-bond acceptors (Lipinski definition) is 4. The van der Waals surface area contributed by atoms with Gasteiger partial charge in [-0.1, -0.05) is 0 Å². The lowest BCUT2D eigenvalue weighted by atomic mass is 10.1. The molecule has 1 saturated carbocycles. The van der Waals surface area contributed by atoms with Crippen molar-refractivity contribution in [3.05, 3.63) is 0 Å². The fourth-order valence-corrected chi connectivity index (χ4v) is 2.74. The quantitative estimate of drug-likeness (QED) is 0.584. The molecule has 0 bridgehead atoms. The maximum Gasteiger partial charge on any atom is 0.394 e. The zero-order valence-corrected chi connectivity index (χ0v) is 9.71. The average Bonchev–Trinajstić information content (AvgIpc) is 2.74. The third-order valence-electron chi connectivity index (χ3n) is 3.70. The molecule has 17 heavy (non-hydrogen) atoms. The Kier molecular flexibility index (Phi) is 3.63. The number of nitrogens with zero attached hydrogens (tertiary/aromatic N) is 2. The summed E-state index contributed by atoms with van der Waals surface area (Å²) in [5.74, 6) is -2.21. The van der Waals surface area contributed by atoms with Crippen molar-refractivity contribution >= 4 is 11.9 Å². The molecule has 1 heterocycles. The van der Waals surface area contributed by atoms with E-state index in [-0.39, 0.29) is 12.1 Å². The van der Waals surface area contributed by atoms with Crippen LogP contribution in [0, 0.1) is 0 Å². The first-order chi connectivity index (χ1) is 8.09. The van der Waals surface area contributed by atoms with Crippen molar-refractivity contribution in [2.75, 3.05) is 26.2 Å². The van der Waals surface area contributed by atoms with Crippen LogP contribution in [0.5, 0.6) is 0 Å². The van der Waals surface area contributed by atoms with Crippen LogP contribution in [0.25, 0.3) is 0 Å². The molecule has 1 aliphatic carbocycles. The Balaban J connectivity index is 1.85. The van der Waals surface area contributed by atoms with Crippen LogP contribution in [0.1, 0.15) is 19.3 Å². The number of piperazine rings is 1. The van der Waals surface area contributed by atoms with Crippen molar-refractivity contribution in [3.63, 3.8) is 0 Å². The lowest BCUT2D eigenvalue weighted by molar-refractivity contribution is -0.157. The summed E-state index contributed by atoms with van der Waals surface area (Å²) in [6.07, 6.45) is 2.62. The second kappa shape index (κ2) is 5.01. The molecule has 0 aromatic rings. The fraction of sp³-hybridized carbons (Fsp3) is 0.818. The van der Waals surface area contributed by atoms with Crippen molar-refractivity contribution in [1.29, 1.82) is 0 Å². The fourth-order valence-electron chi connectivity index (χ4n) is 2.74.